The molecule has 2 rings (SSSR count). The molecule has 1 fully saturated rings. The van der Waals surface area contributed by atoms with Crippen LogP contribution in [0.2, 0.25) is 0 Å². The predicted octanol–water partition coefficient (Wildman–Crippen LogP) is 2.97. The first-order chi connectivity index (χ1) is 9.76. The smallest absolute Gasteiger partial charge is 0.165 e. The molecule has 0 bridgehead atoms. The van der Waals surface area contributed by atoms with E-state index in [-0.39, 0.29) is 5.82 Å². The molecule has 0 unspecified atom stereocenters. The third-order valence-corrected chi connectivity index (χ3v) is 3.98. The highest BCUT2D eigenvalue weighted by Gasteiger charge is 2.22. The van der Waals surface area contributed by atoms with Crippen LogP contribution >= 0.6 is 0 Å². The average Bonchev–Trinajstić information content (AvgIpc) is 2.50. The SMILES string of the molecule is CCCC[C@H](c1ccc(F)c(OC)c1)N1CCNCC1. The number of unbranched alkanes of at least 4 members (excludes halogenated alkanes) is 1. The maximum atomic E-state index is 13.6. The Kier molecular flexibility index (Phi) is 5.80. The first-order valence-electron chi connectivity index (χ1n) is 7.54. The van der Waals surface area contributed by atoms with Gasteiger partial charge in [-0.15, -0.1) is 0 Å². The number of ether oxygens (including phenoxy) is 1. The fraction of sp³-hybridized carbons (Fsp3) is 0.625. The molecule has 1 saturated heterocycles. The van der Waals surface area contributed by atoms with Crippen LogP contribution in [0.15, 0.2) is 18.2 Å². The van der Waals surface area contributed by atoms with Gasteiger partial charge in [-0.3, -0.25) is 4.90 Å². The molecule has 0 spiro atoms. The second-order valence-electron chi connectivity index (χ2n) is 5.34. The molecule has 1 aliphatic heterocycles. The van der Waals surface area contributed by atoms with Crippen molar-refractivity contribution in [3.05, 3.63) is 29.6 Å². The minimum atomic E-state index is -0.286. The summed E-state index contributed by atoms with van der Waals surface area (Å²) in [7, 11) is 1.52. The number of piperazine rings is 1. The van der Waals surface area contributed by atoms with E-state index < -0.39 is 0 Å². The van der Waals surface area contributed by atoms with Gasteiger partial charge in [-0.05, 0) is 24.1 Å². The highest BCUT2D eigenvalue weighted by Crippen LogP contribution is 2.30. The molecule has 0 saturated carbocycles. The van der Waals surface area contributed by atoms with Crippen LogP contribution in [-0.4, -0.2) is 38.2 Å². The van der Waals surface area contributed by atoms with Crippen molar-refractivity contribution in [1.82, 2.24) is 10.2 Å². The van der Waals surface area contributed by atoms with E-state index in [1.54, 1.807) is 0 Å². The number of rotatable bonds is 6. The number of benzene rings is 1. The van der Waals surface area contributed by atoms with Crippen LogP contribution in [0.25, 0.3) is 0 Å². The molecule has 0 radical (unpaired) electrons. The molecule has 0 aromatic heterocycles. The average molecular weight is 280 g/mol. The Morgan fingerprint density at radius 2 is 2.10 bits per heavy atom. The largest absolute Gasteiger partial charge is 0.494 e. The van der Waals surface area contributed by atoms with Gasteiger partial charge in [0.2, 0.25) is 0 Å². The summed E-state index contributed by atoms with van der Waals surface area (Å²) in [5.41, 5.74) is 1.17. The summed E-state index contributed by atoms with van der Waals surface area (Å²) in [6, 6.07) is 5.65. The number of hydrogen-bond acceptors (Lipinski definition) is 3. The van der Waals surface area contributed by atoms with Gasteiger partial charge in [0.1, 0.15) is 0 Å². The van der Waals surface area contributed by atoms with E-state index in [1.807, 2.05) is 12.1 Å². The Morgan fingerprint density at radius 1 is 1.35 bits per heavy atom. The van der Waals surface area contributed by atoms with Crippen LogP contribution in [0.3, 0.4) is 0 Å². The minimum Gasteiger partial charge on any atom is -0.494 e. The van der Waals surface area contributed by atoms with E-state index in [0.29, 0.717) is 11.8 Å². The Hall–Kier alpha value is -1.13. The van der Waals surface area contributed by atoms with Crippen molar-refractivity contribution < 1.29 is 9.13 Å². The van der Waals surface area contributed by atoms with E-state index in [0.717, 1.165) is 32.6 Å². The third-order valence-electron chi connectivity index (χ3n) is 3.98. The van der Waals surface area contributed by atoms with Crippen LogP contribution in [0, 0.1) is 5.82 Å². The van der Waals surface area contributed by atoms with Crippen molar-refractivity contribution in [2.24, 2.45) is 0 Å². The summed E-state index contributed by atoms with van der Waals surface area (Å²) >= 11 is 0. The van der Waals surface area contributed by atoms with E-state index in [4.69, 9.17) is 4.74 Å². The van der Waals surface area contributed by atoms with Crippen molar-refractivity contribution in [2.45, 2.75) is 32.2 Å². The van der Waals surface area contributed by atoms with Gasteiger partial charge in [-0.1, -0.05) is 25.8 Å². The maximum absolute atomic E-state index is 13.6. The lowest BCUT2D eigenvalue weighted by Crippen LogP contribution is -2.45. The van der Waals surface area contributed by atoms with Gasteiger partial charge in [0, 0.05) is 32.2 Å². The van der Waals surface area contributed by atoms with Crippen molar-refractivity contribution in [2.75, 3.05) is 33.3 Å². The Morgan fingerprint density at radius 3 is 2.75 bits per heavy atom. The van der Waals surface area contributed by atoms with Gasteiger partial charge >= 0.3 is 0 Å². The van der Waals surface area contributed by atoms with Gasteiger partial charge in [0.25, 0.3) is 0 Å². The van der Waals surface area contributed by atoms with Crippen molar-refractivity contribution >= 4 is 0 Å². The molecule has 1 atom stereocenters. The molecule has 1 aromatic carbocycles. The second kappa shape index (κ2) is 7.60. The van der Waals surface area contributed by atoms with Gasteiger partial charge < -0.3 is 10.1 Å². The molecule has 0 aliphatic carbocycles. The van der Waals surface area contributed by atoms with E-state index >= 15 is 0 Å². The molecule has 20 heavy (non-hydrogen) atoms. The van der Waals surface area contributed by atoms with E-state index in [9.17, 15) is 4.39 Å². The number of methoxy groups -OCH3 is 1. The quantitative estimate of drug-likeness (QED) is 0.867. The molecular weight excluding hydrogens is 255 g/mol. The first kappa shape index (κ1) is 15.3. The number of hydrogen-bond donors (Lipinski definition) is 1. The normalized spacial score (nSPS) is 17.9. The molecule has 1 heterocycles. The third kappa shape index (κ3) is 3.70. The molecule has 112 valence electrons. The topological polar surface area (TPSA) is 24.5 Å². The lowest BCUT2D eigenvalue weighted by Gasteiger charge is -2.35. The summed E-state index contributed by atoms with van der Waals surface area (Å²) in [6.07, 6.45) is 3.49. The van der Waals surface area contributed by atoms with Gasteiger partial charge in [-0.25, -0.2) is 4.39 Å². The summed E-state index contributed by atoms with van der Waals surface area (Å²) in [4.78, 5) is 2.50. The molecule has 1 aliphatic rings. The Bertz CT molecular complexity index is 419. The fourth-order valence-corrected chi connectivity index (χ4v) is 2.83. The molecule has 0 amide bonds. The summed E-state index contributed by atoms with van der Waals surface area (Å²) < 4.78 is 18.7. The summed E-state index contributed by atoms with van der Waals surface area (Å²) in [6.45, 7) is 6.37. The van der Waals surface area contributed by atoms with Gasteiger partial charge in [0.05, 0.1) is 7.11 Å². The lowest BCUT2D eigenvalue weighted by molar-refractivity contribution is 0.163. The van der Waals surface area contributed by atoms with E-state index in [1.165, 1.54) is 31.6 Å². The molecule has 1 aromatic rings. The Labute approximate surface area is 121 Å². The summed E-state index contributed by atoms with van der Waals surface area (Å²) in [5, 5.41) is 3.38. The van der Waals surface area contributed by atoms with Crippen LogP contribution < -0.4 is 10.1 Å². The van der Waals surface area contributed by atoms with Crippen molar-refractivity contribution in [3.8, 4) is 5.75 Å². The van der Waals surface area contributed by atoms with Crippen molar-refractivity contribution in [3.63, 3.8) is 0 Å². The number of nitrogens with zero attached hydrogens (tertiary/aromatic N) is 1. The van der Waals surface area contributed by atoms with E-state index in [2.05, 4.69) is 17.1 Å². The predicted molar refractivity (Wildman–Crippen MR) is 79.7 cm³/mol. The second-order valence-corrected chi connectivity index (χ2v) is 5.34. The van der Waals surface area contributed by atoms with Gasteiger partial charge in [0.15, 0.2) is 11.6 Å². The summed E-state index contributed by atoms with van der Waals surface area (Å²) in [5.74, 6) is 0.0601. The molecule has 1 N–H and O–H groups in total. The zero-order valence-corrected chi connectivity index (χ0v) is 12.5. The molecular formula is C16H25FN2O. The highest BCUT2D eigenvalue weighted by atomic mass is 19.1. The molecule has 3 nitrogen and oxygen atoms in total. The highest BCUT2D eigenvalue weighted by molar-refractivity contribution is 5.32. The monoisotopic (exact) mass is 280 g/mol. The first-order valence-corrected chi connectivity index (χ1v) is 7.54. The Balaban J connectivity index is 2.20. The minimum absolute atomic E-state index is 0.286. The zero-order valence-electron chi connectivity index (χ0n) is 12.5. The maximum Gasteiger partial charge on any atom is 0.165 e. The van der Waals surface area contributed by atoms with Crippen LogP contribution in [0.1, 0.15) is 37.8 Å². The zero-order chi connectivity index (χ0) is 14.4. The standard InChI is InChI=1S/C16H25FN2O/c1-3-4-5-15(19-10-8-18-9-11-19)13-6-7-14(17)16(12-13)20-2/h6-7,12,15,18H,3-5,8-11H2,1-2H3/t15-/m1/s1. The van der Waals surface area contributed by atoms with Gasteiger partial charge in [-0.2, -0.15) is 0 Å². The fourth-order valence-electron chi connectivity index (χ4n) is 2.83. The van der Waals surface area contributed by atoms with Crippen molar-refractivity contribution in [1.29, 1.82) is 0 Å². The van der Waals surface area contributed by atoms with Crippen LogP contribution in [0.4, 0.5) is 4.39 Å². The number of halogens is 1. The number of nitrogens with one attached hydrogen (secondary N) is 1. The molecule has 4 heteroatoms. The lowest BCUT2D eigenvalue weighted by atomic mass is 9.98. The van der Waals surface area contributed by atoms with Crippen LogP contribution in [0.5, 0.6) is 5.75 Å². The van der Waals surface area contributed by atoms with Crippen LogP contribution in [-0.2, 0) is 0 Å².